The van der Waals surface area contributed by atoms with Gasteiger partial charge in [0.05, 0.1) is 11.5 Å². The minimum absolute atomic E-state index is 0.00378. The van der Waals surface area contributed by atoms with Gasteiger partial charge in [0.2, 0.25) is 5.91 Å². The van der Waals surface area contributed by atoms with Crippen molar-refractivity contribution >= 4 is 17.3 Å². The molecule has 7 nitrogen and oxygen atoms in total. The van der Waals surface area contributed by atoms with Crippen LogP contribution in [0.1, 0.15) is 26.2 Å². The van der Waals surface area contributed by atoms with Crippen LogP contribution in [0.15, 0.2) is 24.3 Å². The number of likely N-dealkylation sites (N-methyl/N-ethyl adjacent to an activating group) is 1. The van der Waals surface area contributed by atoms with E-state index in [-0.39, 0.29) is 23.6 Å². The van der Waals surface area contributed by atoms with Crippen LogP contribution in [0.4, 0.5) is 11.4 Å². The number of non-ortho nitro benzene ring substituents is 1. The number of hydrogen-bond donors (Lipinski definition) is 1. The van der Waals surface area contributed by atoms with E-state index in [0.29, 0.717) is 12.2 Å². The van der Waals surface area contributed by atoms with Gasteiger partial charge in [0, 0.05) is 31.5 Å². The molecule has 1 N–H and O–H groups in total. The van der Waals surface area contributed by atoms with Crippen molar-refractivity contribution in [3.05, 3.63) is 34.4 Å². The zero-order valence-corrected chi connectivity index (χ0v) is 14.3. The van der Waals surface area contributed by atoms with Gasteiger partial charge >= 0.3 is 0 Å². The third kappa shape index (κ3) is 4.10. The van der Waals surface area contributed by atoms with Crippen LogP contribution < -0.4 is 4.90 Å². The normalized spacial score (nSPS) is 17.5. The molecule has 0 atom stereocenters. The highest BCUT2D eigenvalue weighted by Crippen LogP contribution is 2.34. The molecular formula is C17H25N3O4. The summed E-state index contributed by atoms with van der Waals surface area (Å²) in [5, 5.41) is 20.2. The van der Waals surface area contributed by atoms with Gasteiger partial charge in [0.1, 0.15) is 0 Å². The Labute approximate surface area is 142 Å². The minimum atomic E-state index is -0.458. The predicted octanol–water partition coefficient (Wildman–Crippen LogP) is 2.04. The van der Waals surface area contributed by atoms with Crippen LogP contribution in [-0.2, 0) is 4.79 Å². The Morgan fingerprint density at radius 3 is 2.38 bits per heavy atom. The molecule has 0 unspecified atom stereocenters. The molecule has 1 aliphatic rings. The molecule has 0 radical (unpaired) electrons. The van der Waals surface area contributed by atoms with Crippen molar-refractivity contribution in [2.45, 2.75) is 26.2 Å². The Kier molecular flexibility index (Phi) is 5.90. The average molecular weight is 335 g/mol. The second-order valence-corrected chi connectivity index (χ2v) is 6.51. The largest absolute Gasteiger partial charge is 0.396 e. The molecule has 24 heavy (non-hydrogen) atoms. The maximum atomic E-state index is 12.4. The lowest BCUT2D eigenvalue weighted by molar-refractivity contribution is -0.384. The Bertz CT molecular complexity index is 574. The Balaban J connectivity index is 1.91. The maximum Gasteiger partial charge on any atom is 0.269 e. The van der Waals surface area contributed by atoms with E-state index in [1.54, 1.807) is 19.2 Å². The van der Waals surface area contributed by atoms with Gasteiger partial charge in [-0.3, -0.25) is 19.8 Å². The summed E-state index contributed by atoms with van der Waals surface area (Å²) in [6.45, 7) is 4.22. The number of aliphatic hydroxyl groups excluding tert-OH is 1. The zero-order chi connectivity index (χ0) is 17.7. The first-order chi connectivity index (χ1) is 11.4. The van der Waals surface area contributed by atoms with Gasteiger partial charge in [-0.25, -0.2) is 0 Å². The highest BCUT2D eigenvalue weighted by Gasteiger charge is 2.33. The first-order valence-corrected chi connectivity index (χ1v) is 8.25. The molecule has 1 amide bonds. The van der Waals surface area contributed by atoms with Gasteiger partial charge in [0.25, 0.3) is 5.69 Å². The fraction of sp³-hybridized carbons (Fsp3) is 0.588. The van der Waals surface area contributed by atoms with Crippen molar-refractivity contribution < 1.29 is 14.8 Å². The number of carbonyl (C=O) groups excluding carboxylic acids is 1. The van der Waals surface area contributed by atoms with E-state index in [1.165, 1.54) is 17.0 Å². The van der Waals surface area contributed by atoms with Crippen LogP contribution in [0.25, 0.3) is 0 Å². The third-order valence-electron chi connectivity index (χ3n) is 5.18. The second kappa shape index (κ2) is 7.72. The average Bonchev–Trinajstić information content (AvgIpc) is 2.62. The SMILES string of the molecule is CCC1(CO)CCN(CC(=O)N(C)c2ccc([N+](=O)[O-])cc2)CC1. The van der Waals surface area contributed by atoms with Gasteiger partial charge in [-0.05, 0) is 49.9 Å². The summed E-state index contributed by atoms with van der Waals surface area (Å²) in [6, 6.07) is 5.97. The lowest BCUT2D eigenvalue weighted by Crippen LogP contribution is -2.46. The molecule has 1 saturated heterocycles. The molecule has 0 aromatic heterocycles. The van der Waals surface area contributed by atoms with Crippen LogP contribution in [-0.4, -0.2) is 54.1 Å². The molecule has 1 heterocycles. The number of piperidine rings is 1. The molecular weight excluding hydrogens is 310 g/mol. The first-order valence-electron chi connectivity index (χ1n) is 8.25. The molecule has 1 fully saturated rings. The Morgan fingerprint density at radius 1 is 1.33 bits per heavy atom. The standard InChI is InChI=1S/C17H25N3O4/c1-3-17(13-21)8-10-19(11-9-17)12-16(22)18(2)14-4-6-15(7-5-14)20(23)24/h4-7,21H,3,8-13H2,1-2H3. The molecule has 0 spiro atoms. The number of nitro groups is 1. The topological polar surface area (TPSA) is 86.9 Å². The number of likely N-dealkylation sites (tertiary alicyclic amines) is 1. The number of hydrogen-bond acceptors (Lipinski definition) is 5. The summed E-state index contributed by atoms with van der Waals surface area (Å²) in [4.78, 5) is 26.3. The van der Waals surface area contributed by atoms with E-state index in [4.69, 9.17) is 0 Å². The summed E-state index contributed by atoms with van der Waals surface area (Å²) < 4.78 is 0. The van der Waals surface area contributed by atoms with Gasteiger partial charge in [-0.1, -0.05) is 6.92 Å². The minimum Gasteiger partial charge on any atom is -0.396 e. The van der Waals surface area contributed by atoms with Crippen LogP contribution in [0.2, 0.25) is 0 Å². The molecule has 132 valence electrons. The quantitative estimate of drug-likeness (QED) is 0.635. The third-order valence-corrected chi connectivity index (χ3v) is 5.18. The van der Waals surface area contributed by atoms with Crippen molar-refractivity contribution in [2.75, 3.05) is 38.2 Å². The van der Waals surface area contributed by atoms with Crippen molar-refractivity contribution in [1.82, 2.24) is 4.90 Å². The van der Waals surface area contributed by atoms with Crippen LogP contribution in [0.5, 0.6) is 0 Å². The lowest BCUT2D eigenvalue weighted by atomic mass is 9.77. The maximum absolute atomic E-state index is 12.4. The number of aliphatic hydroxyl groups is 1. The molecule has 0 bridgehead atoms. The summed E-state index contributed by atoms with van der Waals surface area (Å²) in [7, 11) is 1.68. The fourth-order valence-corrected chi connectivity index (χ4v) is 3.05. The van der Waals surface area contributed by atoms with Crippen molar-refractivity contribution in [3.8, 4) is 0 Å². The first kappa shape index (κ1) is 18.4. The molecule has 1 aliphatic heterocycles. The van der Waals surface area contributed by atoms with Crippen molar-refractivity contribution in [3.63, 3.8) is 0 Å². The number of carbonyl (C=O) groups is 1. The molecule has 1 aromatic carbocycles. The Hall–Kier alpha value is -1.99. The van der Waals surface area contributed by atoms with Crippen molar-refractivity contribution in [1.29, 1.82) is 0 Å². The summed E-state index contributed by atoms with van der Waals surface area (Å²) in [5.74, 6) is -0.0446. The van der Waals surface area contributed by atoms with E-state index in [2.05, 4.69) is 11.8 Å². The predicted molar refractivity (Wildman–Crippen MR) is 92.0 cm³/mol. The molecule has 1 aromatic rings. The van der Waals surface area contributed by atoms with Gasteiger partial charge in [0.15, 0.2) is 0 Å². The molecule has 0 saturated carbocycles. The molecule has 0 aliphatic carbocycles. The highest BCUT2D eigenvalue weighted by atomic mass is 16.6. The summed E-state index contributed by atoms with van der Waals surface area (Å²) in [6.07, 6.45) is 2.75. The van der Waals surface area contributed by atoms with Gasteiger partial charge in [-0.2, -0.15) is 0 Å². The lowest BCUT2D eigenvalue weighted by Gasteiger charge is -2.40. The van der Waals surface area contributed by atoms with E-state index < -0.39 is 4.92 Å². The molecule has 7 heteroatoms. The van der Waals surface area contributed by atoms with E-state index in [1.807, 2.05) is 0 Å². The highest BCUT2D eigenvalue weighted by molar-refractivity contribution is 5.94. The number of anilines is 1. The van der Waals surface area contributed by atoms with Crippen LogP contribution >= 0.6 is 0 Å². The summed E-state index contributed by atoms with van der Waals surface area (Å²) in [5.41, 5.74) is 0.653. The van der Waals surface area contributed by atoms with E-state index >= 15 is 0 Å². The zero-order valence-electron chi connectivity index (χ0n) is 14.3. The smallest absolute Gasteiger partial charge is 0.269 e. The number of nitrogens with zero attached hydrogens (tertiary/aromatic N) is 3. The van der Waals surface area contributed by atoms with Gasteiger partial charge < -0.3 is 10.0 Å². The monoisotopic (exact) mass is 335 g/mol. The summed E-state index contributed by atoms with van der Waals surface area (Å²) >= 11 is 0. The van der Waals surface area contributed by atoms with Crippen LogP contribution in [0.3, 0.4) is 0 Å². The number of benzene rings is 1. The fourth-order valence-electron chi connectivity index (χ4n) is 3.05. The van der Waals surface area contributed by atoms with Gasteiger partial charge in [-0.15, -0.1) is 0 Å². The number of nitro benzene ring substituents is 1. The van der Waals surface area contributed by atoms with Crippen LogP contribution in [0, 0.1) is 15.5 Å². The van der Waals surface area contributed by atoms with Crippen molar-refractivity contribution in [2.24, 2.45) is 5.41 Å². The van der Waals surface area contributed by atoms with E-state index in [0.717, 1.165) is 32.4 Å². The number of rotatable bonds is 6. The second-order valence-electron chi connectivity index (χ2n) is 6.51. The number of amides is 1. The van der Waals surface area contributed by atoms with E-state index in [9.17, 15) is 20.0 Å². The Morgan fingerprint density at radius 2 is 1.92 bits per heavy atom. The molecule has 2 rings (SSSR count).